The maximum absolute atomic E-state index is 12.9. The van der Waals surface area contributed by atoms with E-state index in [9.17, 15) is 4.79 Å². The third kappa shape index (κ3) is 4.53. The van der Waals surface area contributed by atoms with E-state index in [1.54, 1.807) is 0 Å². The summed E-state index contributed by atoms with van der Waals surface area (Å²) < 4.78 is 1.95. The van der Waals surface area contributed by atoms with E-state index in [1.165, 1.54) is 11.8 Å². The van der Waals surface area contributed by atoms with Gasteiger partial charge in [0.05, 0.1) is 5.25 Å². The number of hydrogen-bond donors (Lipinski definition) is 1. The number of benzene rings is 2. The van der Waals surface area contributed by atoms with Gasteiger partial charge in [-0.1, -0.05) is 68.1 Å². The largest absolute Gasteiger partial charge is 0.325 e. The summed E-state index contributed by atoms with van der Waals surface area (Å²) >= 11 is 1.42. The average molecular weight is 409 g/mol. The second-order valence-electron chi connectivity index (χ2n) is 7.62. The van der Waals surface area contributed by atoms with Crippen molar-refractivity contribution in [1.29, 1.82) is 0 Å². The number of nitrogens with zero attached hydrogens (tertiary/aromatic N) is 3. The normalized spacial score (nSPS) is 12.2. The van der Waals surface area contributed by atoms with Gasteiger partial charge >= 0.3 is 0 Å². The molecular weight excluding hydrogens is 380 g/mol. The second-order valence-corrected chi connectivity index (χ2v) is 8.93. The summed E-state index contributed by atoms with van der Waals surface area (Å²) in [5.74, 6) is 1.11. The van der Waals surface area contributed by atoms with E-state index < -0.39 is 0 Å². The fraction of sp³-hybridized carbons (Fsp3) is 0.348. The van der Waals surface area contributed by atoms with Gasteiger partial charge in [0.15, 0.2) is 11.0 Å². The molecule has 0 spiro atoms. The average Bonchev–Trinajstić information content (AvgIpc) is 3.03. The first-order chi connectivity index (χ1) is 13.8. The SMILES string of the molecule is Cc1ccccc1-c1nnc(SC(C)C(=O)Nc2c(C)cccc2C(C)C)n1C. The Morgan fingerprint density at radius 1 is 1.00 bits per heavy atom. The Hall–Kier alpha value is -2.60. The highest BCUT2D eigenvalue weighted by Gasteiger charge is 2.21. The molecule has 3 rings (SSSR count). The molecule has 3 aromatic rings. The van der Waals surface area contributed by atoms with Gasteiger partial charge in [-0.15, -0.1) is 10.2 Å². The molecule has 29 heavy (non-hydrogen) atoms. The minimum atomic E-state index is -0.303. The predicted molar refractivity (Wildman–Crippen MR) is 120 cm³/mol. The molecule has 0 aliphatic carbocycles. The van der Waals surface area contributed by atoms with Gasteiger partial charge in [0.25, 0.3) is 0 Å². The zero-order chi connectivity index (χ0) is 21.1. The van der Waals surface area contributed by atoms with Gasteiger partial charge in [-0.3, -0.25) is 4.79 Å². The molecule has 152 valence electrons. The highest BCUT2D eigenvalue weighted by atomic mass is 32.2. The minimum Gasteiger partial charge on any atom is -0.325 e. The van der Waals surface area contributed by atoms with Crippen LogP contribution in [-0.2, 0) is 11.8 Å². The number of carbonyl (C=O) groups excluding carboxylic acids is 1. The fourth-order valence-corrected chi connectivity index (χ4v) is 4.07. The molecule has 0 aliphatic heterocycles. The summed E-state index contributed by atoms with van der Waals surface area (Å²) in [6.45, 7) is 10.2. The summed E-state index contributed by atoms with van der Waals surface area (Å²) in [7, 11) is 1.94. The summed E-state index contributed by atoms with van der Waals surface area (Å²) in [5, 5.41) is 12.2. The van der Waals surface area contributed by atoms with E-state index in [-0.39, 0.29) is 11.2 Å². The van der Waals surface area contributed by atoms with Crippen LogP contribution in [-0.4, -0.2) is 25.9 Å². The van der Waals surface area contributed by atoms with Gasteiger partial charge in [-0.25, -0.2) is 0 Å². The molecule has 0 bridgehead atoms. The van der Waals surface area contributed by atoms with Crippen LogP contribution in [0.5, 0.6) is 0 Å². The van der Waals surface area contributed by atoms with Crippen LogP contribution in [0.15, 0.2) is 47.6 Å². The standard InChI is InChI=1S/C23H28N4OS/c1-14(2)18-13-9-11-16(4)20(18)24-22(28)17(5)29-23-26-25-21(27(23)6)19-12-8-7-10-15(19)3/h7-14,17H,1-6H3,(H,24,28). The topological polar surface area (TPSA) is 59.8 Å². The van der Waals surface area contributed by atoms with Crippen LogP contribution < -0.4 is 5.32 Å². The number of thioether (sulfide) groups is 1. The molecule has 1 amide bonds. The van der Waals surface area contributed by atoms with Gasteiger partial charge in [0.2, 0.25) is 5.91 Å². The van der Waals surface area contributed by atoms with Crippen molar-refractivity contribution in [2.24, 2.45) is 7.05 Å². The Morgan fingerprint density at radius 3 is 2.38 bits per heavy atom. The van der Waals surface area contributed by atoms with Crippen molar-refractivity contribution in [2.75, 3.05) is 5.32 Å². The molecule has 1 aromatic heterocycles. The Kier molecular flexibility index (Phi) is 6.42. The first-order valence-corrected chi connectivity index (χ1v) is 10.7. The van der Waals surface area contributed by atoms with E-state index in [1.807, 2.05) is 55.8 Å². The molecule has 6 heteroatoms. The number of rotatable bonds is 6. The molecule has 1 unspecified atom stereocenters. The molecule has 1 atom stereocenters. The van der Waals surface area contributed by atoms with Crippen LogP contribution in [0, 0.1) is 13.8 Å². The first-order valence-electron chi connectivity index (χ1n) is 9.82. The van der Waals surface area contributed by atoms with Gasteiger partial charge < -0.3 is 9.88 Å². The zero-order valence-electron chi connectivity index (χ0n) is 17.9. The van der Waals surface area contributed by atoms with Gasteiger partial charge in [-0.05, 0) is 43.4 Å². The Balaban J connectivity index is 1.77. The van der Waals surface area contributed by atoms with Crippen LogP contribution in [0.2, 0.25) is 0 Å². The maximum Gasteiger partial charge on any atom is 0.237 e. The first kappa shape index (κ1) is 21.1. The van der Waals surface area contributed by atoms with Gasteiger partial charge in [-0.2, -0.15) is 0 Å². The van der Waals surface area contributed by atoms with Crippen LogP contribution >= 0.6 is 11.8 Å². The molecule has 5 nitrogen and oxygen atoms in total. The summed E-state index contributed by atoms with van der Waals surface area (Å²) in [6.07, 6.45) is 0. The number of aryl methyl sites for hydroxylation is 2. The third-order valence-electron chi connectivity index (χ3n) is 5.05. The van der Waals surface area contributed by atoms with E-state index in [0.717, 1.165) is 38.9 Å². The van der Waals surface area contributed by atoms with Crippen LogP contribution in [0.3, 0.4) is 0 Å². The van der Waals surface area contributed by atoms with Crippen molar-refractivity contribution in [3.63, 3.8) is 0 Å². The number of amides is 1. The van der Waals surface area contributed by atoms with Crippen molar-refractivity contribution in [3.8, 4) is 11.4 Å². The zero-order valence-corrected chi connectivity index (χ0v) is 18.7. The molecular formula is C23H28N4OS. The summed E-state index contributed by atoms with van der Waals surface area (Å²) in [5.41, 5.74) is 5.33. The van der Waals surface area contributed by atoms with Gasteiger partial charge in [0.1, 0.15) is 0 Å². The summed E-state index contributed by atoms with van der Waals surface area (Å²) in [4.78, 5) is 12.9. The molecule has 0 fully saturated rings. The van der Waals surface area contributed by atoms with Crippen molar-refractivity contribution in [2.45, 2.75) is 50.9 Å². The maximum atomic E-state index is 12.9. The van der Waals surface area contributed by atoms with Crippen molar-refractivity contribution < 1.29 is 4.79 Å². The summed E-state index contributed by atoms with van der Waals surface area (Å²) in [6, 6.07) is 14.2. The van der Waals surface area contributed by atoms with Crippen molar-refractivity contribution >= 4 is 23.4 Å². The quantitative estimate of drug-likeness (QED) is 0.559. The van der Waals surface area contributed by atoms with Crippen LogP contribution in [0.1, 0.15) is 43.4 Å². The predicted octanol–water partition coefficient (Wildman–Crippen LogP) is 5.34. The lowest BCUT2D eigenvalue weighted by molar-refractivity contribution is -0.115. The van der Waals surface area contributed by atoms with Gasteiger partial charge in [0, 0.05) is 18.3 Å². The Morgan fingerprint density at radius 2 is 1.69 bits per heavy atom. The molecule has 0 aliphatic rings. The number of nitrogens with one attached hydrogen (secondary N) is 1. The molecule has 0 saturated carbocycles. The molecule has 0 radical (unpaired) electrons. The number of anilines is 1. The molecule has 2 aromatic carbocycles. The number of para-hydroxylation sites is 1. The van der Waals surface area contributed by atoms with E-state index in [2.05, 4.69) is 48.4 Å². The second kappa shape index (κ2) is 8.82. The smallest absolute Gasteiger partial charge is 0.237 e. The fourth-order valence-electron chi connectivity index (χ4n) is 3.25. The van der Waals surface area contributed by atoms with E-state index >= 15 is 0 Å². The van der Waals surface area contributed by atoms with Crippen molar-refractivity contribution in [3.05, 3.63) is 59.2 Å². The van der Waals surface area contributed by atoms with E-state index in [4.69, 9.17) is 0 Å². The van der Waals surface area contributed by atoms with Crippen molar-refractivity contribution in [1.82, 2.24) is 14.8 Å². The number of aromatic nitrogens is 3. The number of hydrogen-bond acceptors (Lipinski definition) is 4. The highest BCUT2D eigenvalue weighted by Crippen LogP contribution is 2.30. The lowest BCUT2D eigenvalue weighted by Gasteiger charge is -2.18. The molecule has 1 N–H and O–H groups in total. The lowest BCUT2D eigenvalue weighted by Crippen LogP contribution is -2.24. The third-order valence-corrected chi connectivity index (χ3v) is 6.18. The monoisotopic (exact) mass is 408 g/mol. The molecule has 0 saturated heterocycles. The Bertz CT molecular complexity index is 1030. The van der Waals surface area contributed by atoms with E-state index in [0.29, 0.717) is 5.92 Å². The number of carbonyl (C=O) groups is 1. The molecule has 1 heterocycles. The minimum absolute atomic E-state index is 0.0355. The van der Waals surface area contributed by atoms with Crippen LogP contribution in [0.4, 0.5) is 5.69 Å². The Labute approximate surface area is 176 Å². The highest BCUT2D eigenvalue weighted by molar-refractivity contribution is 8.00. The lowest BCUT2D eigenvalue weighted by atomic mass is 9.98. The van der Waals surface area contributed by atoms with Crippen LogP contribution in [0.25, 0.3) is 11.4 Å².